The van der Waals surface area contributed by atoms with Gasteiger partial charge in [-0.2, -0.15) is 0 Å². The van der Waals surface area contributed by atoms with E-state index in [9.17, 15) is 0 Å². The predicted molar refractivity (Wildman–Crippen MR) is 111 cm³/mol. The van der Waals surface area contributed by atoms with E-state index in [1.165, 1.54) is 5.57 Å². The molecular weight excluding hydrogens is 358 g/mol. The Hall–Kier alpha value is -2.43. The topological polar surface area (TPSA) is 50.3 Å². The van der Waals surface area contributed by atoms with Crippen LogP contribution in [-0.2, 0) is 4.74 Å². The third-order valence-corrected chi connectivity index (χ3v) is 4.63. The van der Waals surface area contributed by atoms with E-state index in [-0.39, 0.29) is 11.8 Å². The summed E-state index contributed by atoms with van der Waals surface area (Å²) in [4.78, 5) is 12.5. The fraction of sp³-hybridized carbons (Fsp3) is 0.273. The number of ether oxygens (including phenoxy) is 1. The SMILES string of the molecule is CC(C)(C)OC1CC(c2c[nH]c3ncccc23)=CC(c2cccc(Cl)c2)=N1. The molecule has 27 heavy (non-hydrogen) atoms. The lowest BCUT2D eigenvalue weighted by atomic mass is 9.95. The quantitative estimate of drug-likeness (QED) is 0.640. The van der Waals surface area contributed by atoms with Crippen LogP contribution in [0.2, 0.25) is 5.02 Å². The van der Waals surface area contributed by atoms with Gasteiger partial charge < -0.3 is 9.72 Å². The molecule has 3 heterocycles. The minimum atomic E-state index is -0.280. The van der Waals surface area contributed by atoms with Crippen LogP contribution >= 0.6 is 11.6 Å². The van der Waals surface area contributed by atoms with Gasteiger partial charge >= 0.3 is 0 Å². The maximum atomic E-state index is 6.21. The van der Waals surface area contributed by atoms with E-state index in [0.29, 0.717) is 11.4 Å². The zero-order valence-corrected chi connectivity index (χ0v) is 16.4. The summed E-state index contributed by atoms with van der Waals surface area (Å²) in [6, 6.07) is 11.8. The third kappa shape index (κ3) is 3.97. The summed E-state index contributed by atoms with van der Waals surface area (Å²) in [6.45, 7) is 6.15. The summed E-state index contributed by atoms with van der Waals surface area (Å²) >= 11 is 6.20. The van der Waals surface area contributed by atoms with Gasteiger partial charge in [-0.25, -0.2) is 4.98 Å². The van der Waals surface area contributed by atoms with Crippen LogP contribution in [0.5, 0.6) is 0 Å². The molecule has 1 aromatic carbocycles. The normalized spacial score (nSPS) is 17.7. The lowest BCUT2D eigenvalue weighted by Crippen LogP contribution is -2.29. The summed E-state index contributed by atoms with van der Waals surface area (Å²) in [5.74, 6) is 0. The first kappa shape index (κ1) is 18.0. The van der Waals surface area contributed by atoms with Crippen LogP contribution in [0.25, 0.3) is 16.6 Å². The van der Waals surface area contributed by atoms with E-state index in [1.54, 1.807) is 6.20 Å². The smallest absolute Gasteiger partial charge is 0.153 e. The Bertz CT molecular complexity index is 1040. The minimum absolute atomic E-state index is 0.249. The number of hydrogen-bond donors (Lipinski definition) is 1. The second-order valence-electron chi connectivity index (χ2n) is 7.69. The van der Waals surface area contributed by atoms with Crippen molar-refractivity contribution in [2.24, 2.45) is 4.99 Å². The summed E-state index contributed by atoms with van der Waals surface area (Å²) in [5, 5.41) is 1.80. The van der Waals surface area contributed by atoms with Crippen LogP contribution in [0, 0.1) is 0 Å². The molecule has 0 amide bonds. The van der Waals surface area contributed by atoms with Crippen molar-refractivity contribution in [1.82, 2.24) is 9.97 Å². The molecule has 0 fully saturated rings. The van der Waals surface area contributed by atoms with E-state index >= 15 is 0 Å². The molecule has 1 aliphatic rings. The highest BCUT2D eigenvalue weighted by atomic mass is 35.5. The Morgan fingerprint density at radius 2 is 2.04 bits per heavy atom. The van der Waals surface area contributed by atoms with E-state index in [0.717, 1.165) is 27.9 Å². The van der Waals surface area contributed by atoms with Crippen LogP contribution in [-0.4, -0.2) is 27.5 Å². The van der Waals surface area contributed by atoms with Crippen LogP contribution in [0.1, 0.15) is 38.3 Å². The molecule has 0 bridgehead atoms. The third-order valence-electron chi connectivity index (χ3n) is 4.40. The fourth-order valence-corrected chi connectivity index (χ4v) is 3.53. The highest BCUT2D eigenvalue weighted by molar-refractivity contribution is 6.31. The first-order chi connectivity index (χ1) is 12.9. The van der Waals surface area contributed by atoms with Gasteiger partial charge in [-0.15, -0.1) is 0 Å². The Balaban J connectivity index is 1.79. The van der Waals surface area contributed by atoms with Crippen molar-refractivity contribution >= 4 is 33.9 Å². The maximum absolute atomic E-state index is 6.21. The molecule has 4 nitrogen and oxygen atoms in total. The molecule has 5 heteroatoms. The molecule has 1 aliphatic heterocycles. The molecule has 138 valence electrons. The number of rotatable bonds is 3. The standard InChI is InChI=1S/C22H22ClN3O/c1-22(2,3)27-20-12-15(18-13-25-21-17(18)8-5-9-24-21)11-19(26-20)14-6-4-7-16(23)10-14/h4-11,13,20H,12H2,1-3H3,(H,24,25). The van der Waals surface area contributed by atoms with Gasteiger partial charge in [-0.1, -0.05) is 23.7 Å². The monoisotopic (exact) mass is 379 g/mol. The van der Waals surface area contributed by atoms with Crippen molar-refractivity contribution in [1.29, 1.82) is 0 Å². The molecule has 1 N–H and O–H groups in total. The second kappa shape index (κ2) is 6.95. The molecule has 4 rings (SSSR count). The van der Waals surface area contributed by atoms with Gasteiger partial charge in [0.2, 0.25) is 0 Å². The van der Waals surface area contributed by atoms with Crippen molar-refractivity contribution in [2.45, 2.75) is 39.0 Å². The Labute approximate surface area is 164 Å². The second-order valence-corrected chi connectivity index (χ2v) is 8.12. The summed E-state index contributed by atoms with van der Waals surface area (Å²) in [5.41, 5.74) is 4.78. The number of nitrogens with one attached hydrogen (secondary N) is 1. The van der Waals surface area contributed by atoms with E-state index in [4.69, 9.17) is 21.3 Å². The van der Waals surface area contributed by atoms with Gasteiger partial charge in [-0.05, 0) is 56.7 Å². The van der Waals surface area contributed by atoms with Gasteiger partial charge in [0.05, 0.1) is 11.3 Å². The predicted octanol–water partition coefficient (Wildman–Crippen LogP) is 5.63. The molecule has 1 atom stereocenters. The number of nitrogens with zero attached hydrogens (tertiary/aromatic N) is 2. The first-order valence-electron chi connectivity index (χ1n) is 9.04. The molecule has 3 aromatic rings. The molecular formula is C22H22ClN3O. The van der Waals surface area contributed by atoms with Crippen LogP contribution in [0.15, 0.2) is 59.9 Å². The molecule has 0 saturated carbocycles. The average Bonchev–Trinajstić information content (AvgIpc) is 3.04. The number of benzene rings is 1. The number of allylic oxidation sites excluding steroid dienone is 1. The highest BCUT2D eigenvalue weighted by Gasteiger charge is 2.25. The molecule has 1 unspecified atom stereocenters. The summed E-state index contributed by atoms with van der Waals surface area (Å²) < 4.78 is 6.21. The average molecular weight is 380 g/mol. The van der Waals surface area contributed by atoms with E-state index in [1.807, 2.05) is 36.5 Å². The largest absolute Gasteiger partial charge is 0.351 e. The Kier molecular flexibility index (Phi) is 4.62. The number of aromatic nitrogens is 2. The number of fused-ring (bicyclic) bond motifs is 1. The van der Waals surface area contributed by atoms with Crippen molar-refractivity contribution in [3.8, 4) is 0 Å². The number of H-pyrrole nitrogens is 1. The van der Waals surface area contributed by atoms with Crippen LogP contribution in [0.3, 0.4) is 0 Å². The zero-order valence-electron chi connectivity index (χ0n) is 15.7. The lowest BCUT2D eigenvalue weighted by molar-refractivity contribution is -0.0530. The number of pyridine rings is 1. The lowest BCUT2D eigenvalue weighted by Gasteiger charge is -2.28. The van der Waals surface area contributed by atoms with Crippen molar-refractivity contribution in [2.75, 3.05) is 0 Å². The van der Waals surface area contributed by atoms with Gasteiger partial charge in [0.25, 0.3) is 0 Å². The van der Waals surface area contributed by atoms with Gasteiger partial charge in [-0.3, -0.25) is 4.99 Å². The minimum Gasteiger partial charge on any atom is -0.351 e. The number of dihydropyridines is 1. The Morgan fingerprint density at radius 3 is 2.81 bits per heavy atom. The van der Waals surface area contributed by atoms with E-state index < -0.39 is 0 Å². The Morgan fingerprint density at radius 1 is 1.19 bits per heavy atom. The van der Waals surface area contributed by atoms with Crippen LogP contribution in [0.4, 0.5) is 0 Å². The van der Waals surface area contributed by atoms with Crippen molar-refractivity contribution < 1.29 is 4.74 Å². The number of hydrogen-bond acceptors (Lipinski definition) is 3. The zero-order chi connectivity index (χ0) is 19.0. The van der Waals surface area contributed by atoms with Crippen molar-refractivity contribution in [3.63, 3.8) is 0 Å². The molecule has 0 spiro atoms. The van der Waals surface area contributed by atoms with Gasteiger partial charge in [0.15, 0.2) is 6.23 Å². The van der Waals surface area contributed by atoms with Gasteiger partial charge in [0.1, 0.15) is 5.65 Å². The highest BCUT2D eigenvalue weighted by Crippen LogP contribution is 2.33. The van der Waals surface area contributed by atoms with Gasteiger partial charge in [0, 0.05) is 40.4 Å². The van der Waals surface area contributed by atoms with Crippen LogP contribution < -0.4 is 0 Å². The fourth-order valence-electron chi connectivity index (χ4n) is 3.34. The molecule has 0 radical (unpaired) electrons. The maximum Gasteiger partial charge on any atom is 0.153 e. The molecule has 0 saturated heterocycles. The summed E-state index contributed by atoms with van der Waals surface area (Å²) in [7, 11) is 0. The summed E-state index contributed by atoms with van der Waals surface area (Å²) in [6.07, 6.45) is 6.40. The first-order valence-corrected chi connectivity index (χ1v) is 9.41. The number of aliphatic imine (C=N–C) groups is 1. The number of halogens is 1. The molecule has 0 aliphatic carbocycles. The molecule has 2 aromatic heterocycles. The number of aromatic amines is 1. The van der Waals surface area contributed by atoms with Crippen molar-refractivity contribution in [3.05, 3.63) is 71.0 Å². The van der Waals surface area contributed by atoms with E-state index in [2.05, 4.69) is 42.9 Å².